The highest BCUT2D eigenvalue weighted by atomic mass is 35.5. The van der Waals surface area contributed by atoms with Crippen LogP contribution in [-0.2, 0) is 9.47 Å². The van der Waals surface area contributed by atoms with Gasteiger partial charge < -0.3 is 19.4 Å². The number of H-pyrrole nitrogens is 1. The molecule has 0 saturated carbocycles. The molecule has 1 aliphatic heterocycles. The Hall–Kier alpha value is -2.53. The van der Waals surface area contributed by atoms with Crippen molar-refractivity contribution < 1.29 is 19.1 Å². The number of halogens is 2. The number of nitrogens with one attached hydrogen (secondary N) is 1. The molecule has 1 aliphatic rings. The molecule has 4 heterocycles. The van der Waals surface area contributed by atoms with Gasteiger partial charge >= 0.3 is 5.97 Å². The fourth-order valence-corrected chi connectivity index (χ4v) is 5.69. The first kappa shape index (κ1) is 26.5. The molecule has 36 heavy (non-hydrogen) atoms. The number of Topliss-reactive ketones (excluding diaryl/α,β-unsaturated/α-hetero) is 1. The molecule has 0 amide bonds. The van der Waals surface area contributed by atoms with Crippen LogP contribution in [0.4, 0.5) is 5.13 Å². The summed E-state index contributed by atoms with van der Waals surface area (Å²) in [5.74, 6) is -0.543. The zero-order chi connectivity index (χ0) is 25.8. The smallest absolute Gasteiger partial charge is 0.350 e. The third-order valence-electron chi connectivity index (χ3n) is 6.01. The fraction of sp³-hybridized carbons (Fsp3) is 0.458. The molecule has 192 valence electrons. The van der Waals surface area contributed by atoms with E-state index in [1.54, 1.807) is 32.4 Å². The lowest BCUT2D eigenvalue weighted by molar-refractivity contribution is 0.0103. The summed E-state index contributed by atoms with van der Waals surface area (Å²) in [5.41, 5.74) is 1.95. The van der Waals surface area contributed by atoms with E-state index >= 15 is 0 Å². The van der Waals surface area contributed by atoms with Crippen molar-refractivity contribution in [2.75, 3.05) is 31.2 Å². The number of thiazole rings is 1. The Morgan fingerprint density at radius 1 is 1.22 bits per heavy atom. The molecule has 1 saturated heterocycles. The first-order valence-electron chi connectivity index (χ1n) is 11.7. The van der Waals surface area contributed by atoms with Gasteiger partial charge in [-0.25, -0.2) is 9.78 Å². The van der Waals surface area contributed by atoms with Gasteiger partial charge in [-0.2, -0.15) is 0 Å². The van der Waals surface area contributed by atoms with Gasteiger partial charge in [0, 0.05) is 44.2 Å². The van der Waals surface area contributed by atoms with Crippen molar-refractivity contribution >= 4 is 51.4 Å². The van der Waals surface area contributed by atoms with Crippen LogP contribution in [0.1, 0.15) is 52.5 Å². The maximum Gasteiger partial charge on any atom is 0.350 e. The Balaban J connectivity index is 1.55. The highest BCUT2D eigenvalue weighted by Crippen LogP contribution is 2.37. The molecule has 0 unspecified atom stereocenters. The predicted molar refractivity (Wildman–Crippen MR) is 139 cm³/mol. The van der Waals surface area contributed by atoms with Gasteiger partial charge in [-0.05, 0) is 33.1 Å². The molecular weight excluding hydrogens is 525 g/mol. The Morgan fingerprint density at radius 2 is 2.03 bits per heavy atom. The molecule has 0 bridgehead atoms. The number of ketones is 1. The van der Waals surface area contributed by atoms with Crippen LogP contribution < -0.4 is 4.90 Å². The van der Waals surface area contributed by atoms with Gasteiger partial charge in [0.2, 0.25) is 0 Å². The number of piperidine rings is 1. The van der Waals surface area contributed by atoms with Gasteiger partial charge in [-0.3, -0.25) is 14.8 Å². The molecule has 4 rings (SSSR count). The minimum Gasteiger partial charge on any atom is -0.462 e. The van der Waals surface area contributed by atoms with E-state index in [4.69, 9.17) is 37.7 Å². The standard InChI is InChI=1S/C24H27Cl2N5O4S/c1-4-34-17-12-31(9-6-14(17)10-16(32)21-19(26)18(25)13(3)29-21)24-30-20(15-11-27-7-8-28-15)22(36-24)23(33)35-5-2/h7-8,11,14,17,29H,4-6,9-10,12H2,1-3H3/t14-,17-/m0/s1. The maximum absolute atomic E-state index is 13.0. The summed E-state index contributed by atoms with van der Waals surface area (Å²) in [6.45, 7) is 7.41. The number of hydrogen-bond donors (Lipinski definition) is 1. The number of aromatic nitrogens is 4. The maximum atomic E-state index is 13.0. The average molecular weight is 552 g/mol. The van der Waals surface area contributed by atoms with E-state index in [0.29, 0.717) is 63.9 Å². The van der Waals surface area contributed by atoms with Gasteiger partial charge in [-0.15, -0.1) is 0 Å². The van der Waals surface area contributed by atoms with Gasteiger partial charge in [0.25, 0.3) is 0 Å². The lowest BCUT2D eigenvalue weighted by atomic mass is 9.88. The van der Waals surface area contributed by atoms with Gasteiger partial charge in [0.15, 0.2) is 10.9 Å². The number of esters is 1. The van der Waals surface area contributed by atoms with Crippen molar-refractivity contribution in [3.8, 4) is 11.4 Å². The summed E-state index contributed by atoms with van der Waals surface area (Å²) in [7, 11) is 0. The second-order valence-corrected chi connectivity index (χ2v) is 10.1. The monoisotopic (exact) mass is 551 g/mol. The zero-order valence-electron chi connectivity index (χ0n) is 20.2. The lowest BCUT2D eigenvalue weighted by Gasteiger charge is -2.38. The van der Waals surface area contributed by atoms with Crippen LogP contribution in [0.25, 0.3) is 11.4 Å². The lowest BCUT2D eigenvalue weighted by Crippen LogP contribution is -2.46. The van der Waals surface area contributed by atoms with Gasteiger partial charge in [0.05, 0.1) is 29.0 Å². The number of carbonyl (C=O) groups is 2. The van der Waals surface area contributed by atoms with Crippen LogP contribution in [-0.4, -0.2) is 64.1 Å². The summed E-state index contributed by atoms with van der Waals surface area (Å²) < 4.78 is 11.3. The minimum absolute atomic E-state index is 0.00361. The molecule has 0 radical (unpaired) electrons. The van der Waals surface area contributed by atoms with Crippen molar-refractivity contribution in [2.24, 2.45) is 5.92 Å². The first-order valence-corrected chi connectivity index (χ1v) is 13.3. The summed E-state index contributed by atoms with van der Waals surface area (Å²) in [4.78, 5) is 44.3. The Morgan fingerprint density at radius 3 is 2.67 bits per heavy atom. The topological polar surface area (TPSA) is 110 Å². The van der Waals surface area contributed by atoms with E-state index in [1.807, 2.05) is 6.92 Å². The molecule has 0 spiro atoms. The molecule has 1 N–H and O–H groups in total. The van der Waals surface area contributed by atoms with Gasteiger partial charge in [0.1, 0.15) is 22.0 Å². The van der Waals surface area contributed by atoms with Crippen molar-refractivity contribution in [1.82, 2.24) is 19.9 Å². The minimum atomic E-state index is -0.444. The summed E-state index contributed by atoms with van der Waals surface area (Å²) >= 11 is 13.7. The number of ether oxygens (including phenoxy) is 2. The number of rotatable bonds is 9. The largest absolute Gasteiger partial charge is 0.462 e. The van der Waals surface area contributed by atoms with E-state index in [2.05, 4.69) is 19.9 Å². The molecule has 0 aliphatic carbocycles. The Bertz CT molecular complexity index is 1230. The van der Waals surface area contributed by atoms with Crippen molar-refractivity contribution in [1.29, 1.82) is 0 Å². The van der Waals surface area contributed by atoms with E-state index in [1.165, 1.54) is 11.3 Å². The quantitative estimate of drug-likeness (QED) is 0.284. The Kier molecular flexibility index (Phi) is 8.61. The normalized spacial score (nSPS) is 17.9. The van der Waals surface area contributed by atoms with Crippen LogP contribution in [0.5, 0.6) is 0 Å². The highest BCUT2D eigenvalue weighted by molar-refractivity contribution is 7.17. The van der Waals surface area contributed by atoms with E-state index in [-0.39, 0.29) is 35.9 Å². The summed E-state index contributed by atoms with van der Waals surface area (Å²) in [6, 6.07) is 0. The van der Waals surface area contributed by atoms with Crippen LogP contribution in [0, 0.1) is 12.8 Å². The number of anilines is 1. The fourth-order valence-electron chi connectivity index (χ4n) is 4.25. The molecular formula is C24H27Cl2N5O4S. The molecule has 3 aromatic rings. The number of carbonyl (C=O) groups excluding carboxylic acids is 2. The van der Waals surface area contributed by atoms with Crippen molar-refractivity contribution in [2.45, 2.75) is 39.7 Å². The van der Waals surface area contributed by atoms with Crippen LogP contribution in [0.3, 0.4) is 0 Å². The number of nitrogens with zero attached hydrogens (tertiary/aromatic N) is 4. The van der Waals surface area contributed by atoms with Crippen LogP contribution in [0.2, 0.25) is 10.0 Å². The third-order valence-corrected chi connectivity index (χ3v) is 8.05. The van der Waals surface area contributed by atoms with Crippen molar-refractivity contribution in [3.63, 3.8) is 0 Å². The van der Waals surface area contributed by atoms with Gasteiger partial charge in [-0.1, -0.05) is 34.5 Å². The predicted octanol–water partition coefficient (Wildman–Crippen LogP) is 5.22. The molecule has 12 heteroatoms. The van der Waals surface area contributed by atoms with Crippen molar-refractivity contribution in [3.05, 3.63) is 44.9 Å². The van der Waals surface area contributed by atoms with Crippen LogP contribution >= 0.6 is 34.5 Å². The molecule has 3 aromatic heterocycles. The Labute approximate surface area is 223 Å². The van der Waals surface area contributed by atoms with E-state index in [0.717, 1.165) is 0 Å². The second-order valence-electron chi connectivity index (χ2n) is 8.35. The summed E-state index contributed by atoms with van der Waals surface area (Å²) in [6.07, 6.45) is 5.48. The molecule has 0 aromatic carbocycles. The highest BCUT2D eigenvalue weighted by Gasteiger charge is 2.35. The van der Waals surface area contributed by atoms with Crippen LogP contribution in [0.15, 0.2) is 18.6 Å². The number of aromatic amines is 1. The average Bonchev–Trinajstić information content (AvgIpc) is 3.43. The molecule has 1 fully saturated rings. The first-order chi connectivity index (χ1) is 17.3. The second kappa shape index (κ2) is 11.7. The SMILES string of the molecule is CCOC(=O)c1sc(N2CC[C@@H](CC(=O)c3[nH]c(C)c(Cl)c3Cl)[C@@H](OCC)C2)nc1-c1cnccn1. The molecule has 2 atom stereocenters. The zero-order valence-corrected chi connectivity index (χ0v) is 22.5. The van der Waals surface area contributed by atoms with E-state index in [9.17, 15) is 9.59 Å². The molecule has 9 nitrogen and oxygen atoms in total. The third kappa shape index (κ3) is 5.56. The number of aryl methyl sites for hydroxylation is 1. The number of hydrogen-bond acceptors (Lipinski definition) is 9. The summed E-state index contributed by atoms with van der Waals surface area (Å²) in [5, 5.41) is 1.30. The van der Waals surface area contributed by atoms with E-state index < -0.39 is 5.97 Å².